The average Bonchev–Trinajstić information content (AvgIpc) is 3.25. The molecular weight excluding hydrogens is 404 g/mol. The Morgan fingerprint density at radius 2 is 1.53 bits per heavy atom. The van der Waals surface area contributed by atoms with Crippen molar-refractivity contribution in [2.45, 2.75) is 25.9 Å². The highest BCUT2D eigenvalue weighted by molar-refractivity contribution is 5.99. The average molecular weight is 428 g/mol. The summed E-state index contributed by atoms with van der Waals surface area (Å²) < 4.78 is 0. The summed E-state index contributed by atoms with van der Waals surface area (Å²) in [5, 5.41) is 9.13. The number of hydrogen-bond acceptors (Lipinski definition) is 3. The van der Waals surface area contributed by atoms with Gasteiger partial charge in [0.25, 0.3) is 5.91 Å². The Morgan fingerprint density at radius 1 is 0.844 bits per heavy atom. The van der Waals surface area contributed by atoms with Crippen molar-refractivity contribution in [3.63, 3.8) is 0 Å². The Kier molecular flexibility index (Phi) is 6.31. The Hall–Kier alpha value is -3.93. The number of rotatable bonds is 7. The third-order valence-electron chi connectivity index (χ3n) is 5.56. The van der Waals surface area contributed by atoms with Crippen molar-refractivity contribution in [1.82, 2.24) is 4.90 Å². The predicted molar refractivity (Wildman–Crippen MR) is 121 cm³/mol. The number of anilines is 1. The first-order chi connectivity index (χ1) is 15.5. The largest absolute Gasteiger partial charge is 0.478 e. The van der Waals surface area contributed by atoms with E-state index in [1.165, 1.54) is 0 Å². The fourth-order valence-corrected chi connectivity index (χ4v) is 3.89. The van der Waals surface area contributed by atoms with Crippen LogP contribution in [0.1, 0.15) is 44.7 Å². The van der Waals surface area contributed by atoms with Crippen molar-refractivity contribution in [1.29, 1.82) is 0 Å². The zero-order valence-corrected chi connectivity index (χ0v) is 17.6. The molecule has 0 spiro atoms. The monoisotopic (exact) mass is 428 g/mol. The molecule has 3 aromatic carbocycles. The van der Waals surface area contributed by atoms with E-state index in [0.717, 1.165) is 23.2 Å². The Morgan fingerprint density at radius 3 is 2.16 bits per heavy atom. The number of carbonyl (C=O) groups excluding carboxylic acids is 2. The van der Waals surface area contributed by atoms with Crippen LogP contribution >= 0.6 is 0 Å². The van der Waals surface area contributed by atoms with Crippen LogP contribution in [-0.4, -0.2) is 34.3 Å². The van der Waals surface area contributed by atoms with E-state index in [-0.39, 0.29) is 17.4 Å². The van der Waals surface area contributed by atoms with Crippen LogP contribution in [0.2, 0.25) is 0 Å². The first-order valence-electron chi connectivity index (χ1n) is 10.6. The molecule has 1 N–H and O–H groups in total. The van der Waals surface area contributed by atoms with Crippen LogP contribution in [-0.2, 0) is 17.9 Å². The lowest BCUT2D eigenvalue weighted by Crippen LogP contribution is -2.30. The molecule has 3 aromatic rings. The highest BCUT2D eigenvalue weighted by atomic mass is 16.4. The minimum absolute atomic E-state index is 0.0780. The highest BCUT2D eigenvalue weighted by Gasteiger charge is 2.23. The maximum Gasteiger partial charge on any atom is 0.335 e. The van der Waals surface area contributed by atoms with Crippen molar-refractivity contribution in [3.05, 3.63) is 101 Å². The van der Waals surface area contributed by atoms with Gasteiger partial charge in [-0.05, 0) is 47.9 Å². The summed E-state index contributed by atoms with van der Waals surface area (Å²) >= 11 is 0. The quantitative estimate of drug-likeness (QED) is 0.607. The van der Waals surface area contributed by atoms with Crippen LogP contribution < -0.4 is 4.90 Å². The second-order valence-electron chi connectivity index (χ2n) is 7.85. The van der Waals surface area contributed by atoms with E-state index < -0.39 is 5.97 Å². The maximum absolute atomic E-state index is 13.5. The summed E-state index contributed by atoms with van der Waals surface area (Å²) in [6.07, 6.45) is 1.36. The molecule has 0 atom stereocenters. The first-order valence-corrected chi connectivity index (χ1v) is 10.6. The molecule has 0 unspecified atom stereocenters. The van der Waals surface area contributed by atoms with E-state index >= 15 is 0 Å². The zero-order valence-electron chi connectivity index (χ0n) is 17.6. The molecular formula is C26H24N2O4. The summed E-state index contributed by atoms with van der Waals surface area (Å²) in [6, 6.07) is 23.5. The fourth-order valence-electron chi connectivity index (χ4n) is 3.89. The van der Waals surface area contributed by atoms with Crippen LogP contribution in [0.3, 0.4) is 0 Å². The second kappa shape index (κ2) is 9.47. The molecule has 0 bridgehead atoms. The molecule has 1 heterocycles. The molecule has 1 aliphatic heterocycles. The number of amides is 2. The van der Waals surface area contributed by atoms with Crippen LogP contribution in [0, 0.1) is 0 Å². The van der Waals surface area contributed by atoms with E-state index in [2.05, 4.69) is 0 Å². The lowest BCUT2D eigenvalue weighted by molar-refractivity contribution is -0.117. The molecule has 6 heteroatoms. The Labute approximate surface area is 186 Å². The van der Waals surface area contributed by atoms with Crippen molar-refractivity contribution in [2.24, 2.45) is 0 Å². The Balaban J connectivity index is 1.61. The van der Waals surface area contributed by atoms with Crippen LogP contribution in [0.4, 0.5) is 5.69 Å². The van der Waals surface area contributed by atoms with Crippen molar-refractivity contribution in [3.8, 4) is 0 Å². The third kappa shape index (κ3) is 4.86. The molecule has 162 valence electrons. The molecule has 1 aliphatic rings. The first kappa shape index (κ1) is 21.3. The molecule has 4 rings (SSSR count). The lowest BCUT2D eigenvalue weighted by atomic mass is 10.1. The third-order valence-corrected chi connectivity index (χ3v) is 5.56. The van der Waals surface area contributed by atoms with E-state index in [4.69, 9.17) is 5.11 Å². The molecule has 1 saturated heterocycles. The molecule has 6 nitrogen and oxygen atoms in total. The van der Waals surface area contributed by atoms with Gasteiger partial charge in [0.05, 0.1) is 5.56 Å². The summed E-state index contributed by atoms with van der Waals surface area (Å²) in [4.78, 5) is 40.2. The van der Waals surface area contributed by atoms with Crippen molar-refractivity contribution in [2.75, 3.05) is 11.4 Å². The standard InChI is InChI=1S/C26H24N2O4/c29-24-10-5-15-28(24)23-9-4-8-22(16-23)25(30)27(17-19-6-2-1-3-7-19)18-20-11-13-21(14-12-20)26(31)32/h1-4,6-9,11-14,16H,5,10,15,17-18H2,(H,31,32). The summed E-state index contributed by atoms with van der Waals surface area (Å²) in [6.45, 7) is 1.41. The van der Waals surface area contributed by atoms with Gasteiger partial charge in [0, 0.05) is 37.3 Å². The number of benzene rings is 3. The number of carboxylic acid groups (broad SMARTS) is 1. The molecule has 2 amide bonds. The van der Waals surface area contributed by atoms with Gasteiger partial charge < -0.3 is 14.9 Å². The second-order valence-corrected chi connectivity index (χ2v) is 7.85. The van der Waals surface area contributed by atoms with Crippen LogP contribution in [0.25, 0.3) is 0 Å². The number of hydrogen-bond donors (Lipinski definition) is 1. The predicted octanol–water partition coefficient (Wildman–Crippen LogP) is 4.35. The number of nitrogens with zero attached hydrogens (tertiary/aromatic N) is 2. The fraction of sp³-hybridized carbons (Fsp3) is 0.192. The summed E-state index contributed by atoms with van der Waals surface area (Å²) in [5.74, 6) is -1.05. The van der Waals surface area contributed by atoms with Gasteiger partial charge in [-0.3, -0.25) is 9.59 Å². The Bertz CT molecular complexity index is 1130. The topological polar surface area (TPSA) is 77.9 Å². The van der Waals surface area contributed by atoms with E-state index in [0.29, 0.717) is 31.6 Å². The highest BCUT2D eigenvalue weighted by Crippen LogP contribution is 2.24. The van der Waals surface area contributed by atoms with Gasteiger partial charge in [0.2, 0.25) is 5.91 Å². The van der Waals surface area contributed by atoms with Crippen LogP contribution in [0.15, 0.2) is 78.9 Å². The molecule has 0 radical (unpaired) electrons. The molecule has 1 fully saturated rings. The number of carboxylic acids is 1. The van der Waals surface area contributed by atoms with Gasteiger partial charge in [-0.15, -0.1) is 0 Å². The SMILES string of the molecule is O=C(O)c1ccc(CN(Cc2ccccc2)C(=O)c2cccc(N3CCCC3=O)c2)cc1. The molecule has 0 aliphatic carbocycles. The van der Waals surface area contributed by atoms with Crippen molar-refractivity contribution < 1.29 is 19.5 Å². The lowest BCUT2D eigenvalue weighted by Gasteiger charge is -2.24. The van der Waals surface area contributed by atoms with E-state index in [1.807, 2.05) is 36.4 Å². The zero-order chi connectivity index (χ0) is 22.5. The van der Waals surface area contributed by atoms with Gasteiger partial charge in [0.1, 0.15) is 0 Å². The molecule has 0 aromatic heterocycles. The van der Waals surface area contributed by atoms with Crippen LogP contribution in [0.5, 0.6) is 0 Å². The summed E-state index contributed by atoms with van der Waals surface area (Å²) in [7, 11) is 0. The smallest absolute Gasteiger partial charge is 0.335 e. The van der Waals surface area contributed by atoms with Gasteiger partial charge in [-0.25, -0.2) is 4.79 Å². The maximum atomic E-state index is 13.5. The minimum atomic E-state index is -0.984. The van der Waals surface area contributed by atoms with Gasteiger partial charge in [0.15, 0.2) is 0 Å². The van der Waals surface area contributed by atoms with Gasteiger partial charge in [-0.2, -0.15) is 0 Å². The van der Waals surface area contributed by atoms with E-state index in [9.17, 15) is 14.4 Å². The molecule has 0 saturated carbocycles. The van der Waals surface area contributed by atoms with E-state index in [1.54, 1.807) is 52.3 Å². The van der Waals surface area contributed by atoms with Crippen molar-refractivity contribution >= 4 is 23.5 Å². The number of carbonyl (C=O) groups is 3. The molecule has 32 heavy (non-hydrogen) atoms. The van der Waals surface area contributed by atoms with Gasteiger partial charge in [-0.1, -0.05) is 48.5 Å². The summed E-state index contributed by atoms with van der Waals surface area (Å²) in [5.41, 5.74) is 3.29. The van der Waals surface area contributed by atoms with Gasteiger partial charge >= 0.3 is 5.97 Å². The normalized spacial score (nSPS) is 13.2. The number of aromatic carboxylic acids is 1. The minimum Gasteiger partial charge on any atom is -0.478 e.